The van der Waals surface area contributed by atoms with E-state index in [1.54, 1.807) is 0 Å². The average molecular weight is 953 g/mol. The third-order valence-corrected chi connectivity index (χ3v) is 17.5. The second kappa shape index (κ2) is 17.2. The van der Waals surface area contributed by atoms with Crippen molar-refractivity contribution in [3.8, 4) is 22.3 Å². The first kappa shape index (κ1) is 44.5. The van der Waals surface area contributed by atoms with Gasteiger partial charge >= 0.3 is 0 Å². The van der Waals surface area contributed by atoms with Crippen LogP contribution in [0.25, 0.3) is 49.4 Å². The minimum atomic E-state index is -0.206. The lowest BCUT2D eigenvalue weighted by Gasteiger charge is -2.43. The van der Waals surface area contributed by atoms with E-state index in [2.05, 4.69) is 274 Å². The van der Waals surface area contributed by atoms with Crippen molar-refractivity contribution in [3.63, 3.8) is 0 Å². The molecule has 2 heteroatoms. The molecule has 0 bridgehead atoms. The van der Waals surface area contributed by atoms with Crippen LogP contribution in [-0.4, -0.2) is 6.04 Å². The highest BCUT2D eigenvalue weighted by Crippen LogP contribution is 2.59. The van der Waals surface area contributed by atoms with Gasteiger partial charge in [-0.25, -0.2) is 0 Å². The van der Waals surface area contributed by atoms with E-state index in [-0.39, 0.29) is 28.7 Å². The number of allylic oxidation sites excluding steroid dienone is 13. The standard InChI is InChI=1S/C72H60N2/c1-71(2)63-35-21-34-61-69-60-39-37-48(54-41-43-68(59-33-20-18-31-56(54)59)74(51-26-13-7-14-27-51)52-28-15-8-16-29-52)45-65(60)72(3,4)66(69)46-62(70(61)63)57-38-36-47(44-64(57)71)53-40-42-67(58-32-19-17-30-55(53)58)73(49-22-9-5-10-23-49)50-24-11-6-12-25-50/h5-24,26-35,37,39-46,50,55,58H,25,36,38H2,1-4H3. The summed E-state index contributed by atoms with van der Waals surface area (Å²) in [6, 6.07) is 63.5. The normalized spacial score (nSPS) is 20.3. The molecule has 3 unspecified atom stereocenters. The lowest BCUT2D eigenvalue weighted by atomic mass is 9.63. The highest BCUT2D eigenvalue weighted by Gasteiger charge is 2.43. The van der Waals surface area contributed by atoms with E-state index in [9.17, 15) is 0 Å². The molecule has 8 aromatic carbocycles. The van der Waals surface area contributed by atoms with Gasteiger partial charge < -0.3 is 9.80 Å². The predicted octanol–water partition coefficient (Wildman–Crippen LogP) is 18.8. The Labute approximate surface area is 436 Å². The first-order chi connectivity index (χ1) is 36.3. The predicted molar refractivity (Wildman–Crippen MR) is 313 cm³/mol. The van der Waals surface area contributed by atoms with Gasteiger partial charge in [0.05, 0.1) is 11.7 Å². The van der Waals surface area contributed by atoms with E-state index in [0.29, 0.717) is 0 Å². The zero-order valence-electron chi connectivity index (χ0n) is 42.8. The molecule has 0 heterocycles. The number of fused-ring (bicyclic) bond motifs is 7. The number of benzene rings is 8. The van der Waals surface area contributed by atoms with Gasteiger partial charge in [-0.05, 0) is 163 Å². The number of anilines is 4. The van der Waals surface area contributed by atoms with Gasteiger partial charge in [0.1, 0.15) is 0 Å². The summed E-state index contributed by atoms with van der Waals surface area (Å²) in [4.78, 5) is 4.98. The van der Waals surface area contributed by atoms with E-state index in [1.807, 2.05) is 0 Å². The average Bonchev–Trinajstić information content (AvgIpc) is 3.81. The summed E-state index contributed by atoms with van der Waals surface area (Å²) in [6.45, 7) is 9.89. The zero-order chi connectivity index (χ0) is 49.7. The number of nitrogens with zero attached hydrogens (tertiary/aromatic N) is 2. The van der Waals surface area contributed by atoms with Crippen LogP contribution in [0.15, 0.2) is 259 Å². The zero-order valence-corrected chi connectivity index (χ0v) is 42.8. The summed E-state index contributed by atoms with van der Waals surface area (Å²) >= 11 is 0. The SMILES string of the molecule is CC1(C)C2=C(CCC(C3=CC=C(N(c4ccccc4)C4C=CC=CC4)C4C=CC=CC34)=C2)c2cc3c(c4cccc1c24)-c1ccc(-c2ccc(N(c4ccccc4)c4ccccc4)c4ccccc24)cc1C3(C)C. The van der Waals surface area contributed by atoms with Crippen molar-refractivity contribution in [1.29, 1.82) is 0 Å². The Bertz CT molecular complexity index is 3830. The Balaban J connectivity index is 0.863. The van der Waals surface area contributed by atoms with E-state index in [4.69, 9.17) is 0 Å². The third-order valence-electron chi connectivity index (χ3n) is 17.5. The number of para-hydroxylation sites is 3. The largest absolute Gasteiger partial charge is 0.337 e. The fourth-order valence-electron chi connectivity index (χ4n) is 13.9. The van der Waals surface area contributed by atoms with Crippen LogP contribution in [0.3, 0.4) is 0 Å². The van der Waals surface area contributed by atoms with Crippen LogP contribution in [0.1, 0.15) is 69.2 Å². The van der Waals surface area contributed by atoms with Crippen LogP contribution in [0.5, 0.6) is 0 Å². The summed E-state index contributed by atoms with van der Waals surface area (Å²) in [5.74, 6) is 0.520. The summed E-state index contributed by atoms with van der Waals surface area (Å²) < 4.78 is 0. The van der Waals surface area contributed by atoms with Gasteiger partial charge in [-0.1, -0.05) is 204 Å². The second-order valence-corrected chi connectivity index (χ2v) is 22.2. The molecular weight excluding hydrogens is 893 g/mol. The van der Waals surface area contributed by atoms with E-state index >= 15 is 0 Å². The molecule has 0 spiro atoms. The highest BCUT2D eigenvalue weighted by molar-refractivity contribution is 6.12. The van der Waals surface area contributed by atoms with Crippen LogP contribution >= 0.6 is 0 Å². The second-order valence-electron chi connectivity index (χ2n) is 22.2. The Hall–Kier alpha value is -8.20. The smallest absolute Gasteiger partial charge is 0.0556 e. The van der Waals surface area contributed by atoms with Crippen LogP contribution in [0.4, 0.5) is 22.7 Å². The van der Waals surface area contributed by atoms with Crippen molar-refractivity contribution < 1.29 is 0 Å². The molecule has 14 rings (SSSR count). The molecule has 0 amide bonds. The maximum absolute atomic E-state index is 2.63. The number of rotatable bonds is 8. The van der Waals surface area contributed by atoms with Crippen molar-refractivity contribution in [2.24, 2.45) is 11.8 Å². The Morgan fingerprint density at radius 3 is 1.88 bits per heavy atom. The molecule has 0 aromatic heterocycles. The maximum Gasteiger partial charge on any atom is 0.0556 e. The van der Waals surface area contributed by atoms with Crippen LogP contribution in [0.2, 0.25) is 0 Å². The molecule has 0 fully saturated rings. The van der Waals surface area contributed by atoms with Gasteiger partial charge in [0.2, 0.25) is 0 Å². The third kappa shape index (κ3) is 6.84. The Kier molecular flexibility index (Phi) is 10.3. The molecule has 358 valence electrons. The van der Waals surface area contributed by atoms with Gasteiger partial charge in [-0.2, -0.15) is 0 Å². The van der Waals surface area contributed by atoms with Crippen molar-refractivity contribution in [2.75, 3.05) is 9.80 Å². The van der Waals surface area contributed by atoms with Gasteiger partial charge in [0.15, 0.2) is 0 Å². The first-order valence-corrected chi connectivity index (χ1v) is 26.8. The van der Waals surface area contributed by atoms with E-state index < -0.39 is 0 Å². The van der Waals surface area contributed by atoms with Crippen LogP contribution in [-0.2, 0) is 10.8 Å². The van der Waals surface area contributed by atoms with Crippen LogP contribution in [0, 0.1) is 11.8 Å². The molecule has 3 atom stereocenters. The highest BCUT2D eigenvalue weighted by atomic mass is 15.2. The Morgan fingerprint density at radius 1 is 0.486 bits per heavy atom. The van der Waals surface area contributed by atoms with Gasteiger partial charge in [-0.3, -0.25) is 0 Å². The summed E-state index contributed by atoms with van der Waals surface area (Å²) in [6.07, 6.45) is 29.1. The molecular formula is C72H60N2. The molecule has 0 saturated heterocycles. The molecule has 6 aliphatic carbocycles. The quantitative estimate of drug-likeness (QED) is 0.150. The summed E-state index contributed by atoms with van der Waals surface area (Å²) in [5.41, 5.74) is 22.6. The number of hydrogen-bond acceptors (Lipinski definition) is 2. The minimum Gasteiger partial charge on any atom is -0.337 e. The maximum atomic E-state index is 2.63. The fraction of sp³-hybridized carbons (Fsp3) is 0.167. The topological polar surface area (TPSA) is 6.48 Å². The molecule has 8 aromatic rings. The molecule has 0 N–H and O–H groups in total. The molecule has 2 nitrogen and oxygen atoms in total. The molecule has 0 radical (unpaired) electrons. The van der Waals surface area contributed by atoms with Crippen molar-refractivity contribution in [2.45, 2.75) is 63.8 Å². The summed E-state index contributed by atoms with van der Waals surface area (Å²) in [7, 11) is 0. The van der Waals surface area contributed by atoms with Crippen LogP contribution < -0.4 is 9.80 Å². The van der Waals surface area contributed by atoms with Crippen molar-refractivity contribution >= 4 is 49.9 Å². The number of hydrogen-bond donors (Lipinski definition) is 0. The molecule has 6 aliphatic rings. The minimum absolute atomic E-state index is 0.171. The van der Waals surface area contributed by atoms with E-state index in [0.717, 1.165) is 30.6 Å². The van der Waals surface area contributed by atoms with Crippen molar-refractivity contribution in [1.82, 2.24) is 0 Å². The lowest BCUT2D eigenvalue weighted by Crippen LogP contribution is -2.39. The van der Waals surface area contributed by atoms with Gasteiger partial charge in [0.25, 0.3) is 0 Å². The van der Waals surface area contributed by atoms with E-state index in [1.165, 1.54) is 105 Å². The molecule has 74 heavy (non-hydrogen) atoms. The van der Waals surface area contributed by atoms with Gasteiger partial charge in [0, 0.05) is 50.8 Å². The van der Waals surface area contributed by atoms with Crippen molar-refractivity contribution in [3.05, 3.63) is 281 Å². The Morgan fingerprint density at radius 2 is 1.15 bits per heavy atom. The van der Waals surface area contributed by atoms with Gasteiger partial charge in [-0.15, -0.1) is 0 Å². The fourth-order valence-corrected chi connectivity index (χ4v) is 13.9. The first-order valence-electron chi connectivity index (χ1n) is 26.8. The monoisotopic (exact) mass is 952 g/mol. The molecule has 0 aliphatic heterocycles. The lowest BCUT2D eigenvalue weighted by molar-refractivity contribution is 0.554. The molecule has 0 saturated carbocycles. The summed E-state index contributed by atoms with van der Waals surface area (Å²) in [5, 5.41) is 5.31.